The number of pyridine rings is 1. The van der Waals surface area contributed by atoms with Crippen LogP contribution in [0, 0.1) is 0 Å². The van der Waals surface area contributed by atoms with Gasteiger partial charge in [-0.25, -0.2) is 4.98 Å². The topological polar surface area (TPSA) is 75.5 Å². The summed E-state index contributed by atoms with van der Waals surface area (Å²) in [5, 5.41) is 7.57. The lowest BCUT2D eigenvalue weighted by Crippen LogP contribution is -2.25. The lowest BCUT2D eigenvalue weighted by atomic mass is 10.2. The third-order valence-electron chi connectivity index (χ3n) is 4.23. The monoisotopic (exact) mass is 390 g/mol. The van der Waals surface area contributed by atoms with Crippen molar-refractivity contribution in [3.05, 3.63) is 88.5 Å². The zero-order valence-electron chi connectivity index (χ0n) is 15.0. The van der Waals surface area contributed by atoms with Crippen molar-refractivity contribution in [1.29, 1.82) is 0 Å². The number of nitrogens with one attached hydrogen (secondary N) is 2. The maximum atomic E-state index is 12.3. The Morgan fingerprint density at radius 2 is 1.86 bits per heavy atom. The average molecular weight is 390 g/mol. The van der Waals surface area contributed by atoms with Gasteiger partial charge in [0, 0.05) is 36.6 Å². The first-order valence-electron chi connectivity index (χ1n) is 8.85. The Kier molecular flexibility index (Phi) is 5.16. The summed E-state index contributed by atoms with van der Waals surface area (Å²) >= 11 is 1.38. The van der Waals surface area contributed by atoms with E-state index in [1.54, 1.807) is 30.3 Å². The summed E-state index contributed by atoms with van der Waals surface area (Å²) in [7, 11) is 0. The molecule has 4 aromatic rings. The number of nitrogens with zero attached hydrogens (tertiary/aromatic N) is 2. The second-order valence-corrected chi connectivity index (χ2v) is 7.16. The smallest absolute Gasteiger partial charge is 0.265 e. The number of hydrogen-bond acceptors (Lipinski definition) is 4. The molecular formula is C21H18N4O2S. The van der Waals surface area contributed by atoms with Gasteiger partial charge in [-0.2, -0.15) is 0 Å². The molecule has 0 bridgehead atoms. The molecule has 7 heteroatoms. The number of anilines is 1. The Labute approximate surface area is 165 Å². The van der Waals surface area contributed by atoms with Crippen LogP contribution in [0.5, 0.6) is 0 Å². The highest BCUT2D eigenvalue weighted by Crippen LogP contribution is 2.14. The van der Waals surface area contributed by atoms with Gasteiger partial charge in [-0.05, 0) is 47.8 Å². The van der Waals surface area contributed by atoms with E-state index in [1.807, 2.05) is 46.4 Å². The van der Waals surface area contributed by atoms with Gasteiger partial charge in [-0.3, -0.25) is 9.59 Å². The molecule has 0 unspecified atom stereocenters. The first-order chi connectivity index (χ1) is 13.7. The molecule has 28 heavy (non-hydrogen) atoms. The molecule has 0 fully saturated rings. The van der Waals surface area contributed by atoms with E-state index >= 15 is 0 Å². The van der Waals surface area contributed by atoms with Crippen molar-refractivity contribution in [2.24, 2.45) is 0 Å². The van der Waals surface area contributed by atoms with Gasteiger partial charge in [0.25, 0.3) is 11.8 Å². The Morgan fingerprint density at radius 1 is 1.00 bits per heavy atom. The van der Waals surface area contributed by atoms with Gasteiger partial charge < -0.3 is 15.0 Å². The van der Waals surface area contributed by atoms with Crippen LogP contribution in [0.4, 0.5) is 5.69 Å². The van der Waals surface area contributed by atoms with Gasteiger partial charge in [-0.1, -0.05) is 12.1 Å². The SMILES string of the molecule is O=C(NCCc1cn2ccccc2n1)c1ccc(NC(=O)c2cccs2)cc1. The molecule has 4 rings (SSSR count). The van der Waals surface area contributed by atoms with Gasteiger partial charge in [0.2, 0.25) is 0 Å². The van der Waals surface area contributed by atoms with Crippen molar-refractivity contribution >= 4 is 34.5 Å². The molecule has 2 amide bonds. The quantitative estimate of drug-likeness (QED) is 0.528. The van der Waals surface area contributed by atoms with Crippen molar-refractivity contribution in [3.63, 3.8) is 0 Å². The molecule has 140 valence electrons. The maximum Gasteiger partial charge on any atom is 0.265 e. The van der Waals surface area contributed by atoms with Crippen LogP contribution in [-0.2, 0) is 6.42 Å². The van der Waals surface area contributed by atoms with E-state index in [9.17, 15) is 9.59 Å². The standard InChI is InChI=1S/C21H18N4O2S/c26-20(22-11-10-17-14-25-12-2-1-5-19(25)23-17)15-6-8-16(9-7-15)24-21(27)18-4-3-13-28-18/h1-9,12-14H,10-11H2,(H,22,26)(H,24,27). The van der Waals surface area contributed by atoms with Crippen LogP contribution < -0.4 is 10.6 Å². The van der Waals surface area contributed by atoms with Crippen molar-refractivity contribution in [2.75, 3.05) is 11.9 Å². The molecule has 0 aliphatic carbocycles. The minimum Gasteiger partial charge on any atom is -0.352 e. The maximum absolute atomic E-state index is 12.3. The second-order valence-electron chi connectivity index (χ2n) is 6.21. The van der Waals surface area contributed by atoms with E-state index in [0.717, 1.165) is 11.3 Å². The van der Waals surface area contributed by atoms with E-state index in [4.69, 9.17) is 0 Å². The van der Waals surface area contributed by atoms with E-state index in [-0.39, 0.29) is 11.8 Å². The fourth-order valence-electron chi connectivity index (χ4n) is 2.82. The molecule has 3 aromatic heterocycles. The Hall–Kier alpha value is -3.45. The summed E-state index contributed by atoms with van der Waals surface area (Å²) in [6, 6.07) is 16.3. The molecule has 0 radical (unpaired) electrons. The third-order valence-corrected chi connectivity index (χ3v) is 5.10. The van der Waals surface area contributed by atoms with E-state index in [1.165, 1.54) is 11.3 Å². The molecule has 0 spiro atoms. The molecule has 6 nitrogen and oxygen atoms in total. The number of fused-ring (bicyclic) bond motifs is 1. The highest BCUT2D eigenvalue weighted by atomic mass is 32.1. The molecule has 0 aliphatic heterocycles. The molecule has 0 saturated carbocycles. The second kappa shape index (κ2) is 8.06. The Balaban J connectivity index is 1.30. The van der Waals surface area contributed by atoms with Crippen molar-refractivity contribution in [2.45, 2.75) is 6.42 Å². The molecule has 0 saturated heterocycles. The Morgan fingerprint density at radius 3 is 2.61 bits per heavy atom. The number of carbonyl (C=O) groups is 2. The normalized spacial score (nSPS) is 10.7. The predicted octanol–water partition coefficient (Wildman–Crippen LogP) is 3.62. The summed E-state index contributed by atoms with van der Waals surface area (Å²) in [4.78, 5) is 29.5. The zero-order valence-corrected chi connectivity index (χ0v) is 15.8. The van der Waals surface area contributed by atoms with Crippen molar-refractivity contribution < 1.29 is 9.59 Å². The summed E-state index contributed by atoms with van der Waals surface area (Å²) in [6.45, 7) is 0.500. The predicted molar refractivity (Wildman–Crippen MR) is 110 cm³/mol. The highest BCUT2D eigenvalue weighted by Gasteiger charge is 2.09. The number of rotatable bonds is 6. The van der Waals surface area contributed by atoms with Crippen LogP contribution in [0.3, 0.4) is 0 Å². The van der Waals surface area contributed by atoms with Gasteiger partial charge >= 0.3 is 0 Å². The molecule has 1 aromatic carbocycles. The summed E-state index contributed by atoms with van der Waals surface area (Å²) in [6.07, 6.45) is 4.57. The minimum absolute atomic E-state index is 0.153. The zero-order chi connectivity index (χ0) is 19.3. The molecule has 2 N–H and O–H groups in total. The van der Waals surface area contributed by atoms with Crippen LogP contribution in [-0.4, -0.2) is 27.7 Å². The first kappa shape index (κ1) is 17.9. The molecular weight excluding hydrogens is 372 g/mol. The van der Waals surface area contributed by atoms with Crippen LogP contribution >= 0.6 is 11.3 Å². The lowest BCUT2D eigenvalue weighted by Gasteiger charge is -2.06. The number of amides is 2. The van der Waals surface area contributed by atoms with Crippen LogP contribution in [0.15, 0.2) is 72.4 Å². The number of thiophene rings is 1. The lowest BCUT2D eigenvalue weighted by molar-refractivity contribution is 0.0953. The van der Waals surface area contributed by atoms with Crippen molar-refractivity contribution in [1.82, 2.24) is 14.7 Å². The van der Waals surface area contributed by atoms with Gasteiger partial charge in [-0.15, -0.1) is 11.3 Å². The molecule has 3 heterocycles. The van der Waals surface area contributed by atoms with Gasteiger partial charge in [0.15, 0.2) is 0 Å². The summed E-state index contributed by atoms with van der Waals surface area (Å²) < 4.78 is 1.96. The Bertz CT molecular complexity index is 1070. The number of hydrogen-bond donors (Lipinski definition) is 2. The van der Waals surface area contributed by atoms with E-state index in [0.29, 0.717) is 29.1 Å². The fraction of sp³-hybridized carbons (Fsp3) is 0.0952. The first-order valence-corrected chi connectivity index (χ1v) is 9.73. The number of aromatic nitrogens is 2. The third kappa shape index (κ3) is 4.10. The summed E-state index contributed by atoms with van der Waals surface area (Å²) in [5.74, 6) is -0.306. The fourth-order valence-corrected chi connectivity index (χ4v) is 3.44. The number of imidazole rings is 1. The minimum atomic E-state index is -0.153. The van der Waals surface area contributed by atoms with Gasteiger partial charge in [0.05, 0.1) is 10.6 Å². The van der Waals surface area contributed by atoms with Crippen molar-refractivity contribution in [3.8, 4) is 0 Å². The largest absolute Gasteiger partial charge is 0.352 e. The van der Waals surface area contributed by atoms with Crippen LogP contribution in [0.2, 0.25) is 0 Å². The number of benzene rings is 1. The average Bonchev–Trinajstić information content (AvgIpc) is 3.38. The van der Waals surface area contributed by atoms with E-state index in [2.05, 4.69) is 15.6 Å². The van der Waals surface area contributed by atoms with E-state index < -0.39 is 0 Å². The van der Waals surface area contributed by atoms with Crippen LogP contribution in [0.25, 0.3) is 5.65 Å². The van der Waals surface area contributed by atoms with Crippen LogP contribution in [0.1, 0.15) is 25.7 Å². The number of carbonyl (C=O) groups excluding carboxylic acids is 2. The molecule has 0 aliphatic rings. The summed E-state index contributed by atoms with van der Waals surface area (Å²) in [5.41, 5.74) is 3.02. The van der Waals surface area contributed by atoms with Gasteiger partial charge in [0.1, 0.15) is 5.65 Å². The molecule has 0 atom stereocenters. The highest BCUT2D eigenvalue weighted by molar-refractivity contribution is 7.12.